The Morgan fingerprint density at radius 1 is 1.56 bits per heavy atom. The lowest BCUT2D eigenvalue weighted by Gasteiger charge is -2.44. The lowest BCUT2D eigenvalue weighted by Crippen LogP contribution is -2.62. The van der Waals surface area contributed by atoms with Crippen molar-refractivity contribution < 1.29 is 9.90 Å². The first-order chi connectivity index (χ1) is 7.39. The van der Waals surface area contributed by atoms with Crippen molar-refractivity contribution in [3.05, 3.63) is 17.0 Å². The highest BCUT2D eigenvalue weighted by Gasteiger charge is 2.39. The van der Waals surface area contributed by atoms with Crippen LogP contribution in [0, 0.1) is 13.8 Å². The van der Waals surface area contributed by atoms with E-state index in [9.17, 15) is 9.90 Å². The zero-order valence-corrected chi connectivity index (χ0v) is 9.87. The summed E-state index contributed by atoms with van der Waals surface area (Å²) >= 11 is 0. The molecule has 0 bridgehead atoms. The van der Waals surface area contributed by atoms with Gasteiger partial charge in [-0.2, -0.15) is 5.10 Å². The van der Waals surface area contributed by atoms with Crippen LogP contribution < -0.4 is 0 Å². The third-order valence-electron chi connectivity index (χ3n) is 3.02. The van der Waals surface area contributed by atoms with Crippen LogP contribution in [0.4, 0.5) is 0 Å². The largest absolute Gasteiger partial charge is 0.386 e. The van der Waals surface area contributed by atoms with Crippen LogP contribution in [0.15, 0.2) is 0 Å². The Kier molecular flexibility index (Phi) is 2.50. The molecule has 0 saturated carbocycles. The van der Waals surface area contributed by atoms with E-state index in [-0.39, 0.29) is 5.91 Å². The Morgan fingerprint density at radius 2 is 2.19 bits per heavy atom. The molecular weight excluding hydrogens is 206 g/mol. The number of carbonyl (C=O) groups is 1. The molecule has 1 aromatic rings. The molecule has 0 radical (unpaired) electrons. The van der Waals surface area contributed by atoms with Crippen molar-refractivity contribution in [3.63, 3.8) is 0 Å². The fourth-order valence-corrected chi connectivity index (χ4v) is 2.05. The van der Waals surface area contributed by atoms with Gasteiger partial charge in [-0.3, -0.25) is 9.89 Å². The molecule has 0 spiro atoms. The monoisotopic (exact) mass is 223 g/mol. The first kappa shape index (κ1) is 11.1. The summed E-state index contributed by atoms with van der Waals surface area (Å²) in [6, 6.07) is 0. The number of β-amino-alcohol motifs (C(OH)–C–C–N with tert-alkyl or cyclic N) is 1. The number of amides is 1. The number of rotatable bonds is 2. The highest BCUT2D eigenvalue weighted by molar-refractivity contribution is 5.80. The van der Waals surface area contributed by atoms with Gasteiger partial charge in [0, 0.05) is 11.3 Å². The maximum atomic E-state index is 11.9. The highest BCUT2D eigenvalue weighted by atomic mass is 16.3. The van der Waals surface area contributed by atoms with E-state index in [0.29, 0.717) is 19.5 Å². The van der Waals surface area contributed by atoms with Gasteiger partial charge in [0.15, 0.2) is 0 Å². The second-order valence-corrected chi connectivity index (χ2v) is 4.84. The van der Waals surface area contributed by atoms with Gasteiger partial charge in [0.05, 0.1) is 30.8 Å². The number of nitrogens with one attached hydrogen (secondary N) is 1. The van der Waals surface area contributed by atoms with Gasteiger partial charge < -0.3 is 10.0 Å². The molecule has 0 aromatic carbocycles. The maximum Gasteiger partial charge on any atom is 0.227 e. The zero-order valence-electron chi connectivity index (χ0n) is 9.87. The number of aromatic amines is 1. The first-order valence-electron chi connectivity index (χ1n) is 5.40. The van der Waals surface area contributed by atoms with E-state index >= 15 is 0 Å². The van der Waals surface area contributed by atoms with Crippen molar-refractivity contribution >= 4 is 5.91 Å². The van der Waals surface area contributed by atoms with Crippen LogP contribution in [0.5, 0.6) is 0 Å². The fraction of sp³-hybridized carbons (Fsp3) is 0.636. The molecule has 0 aliphatic carbocycles. The lowest BCUT2D eigenvalue weighted by molar-refractivity contribution is -0.151. The van der Waals surface area contributed by atoms with Crippen LogP contribution in [-0.2, 0) is 11.2 Å². The number of nitrogens with zero attached hydrogens (tertiary/aromatic N) is 2. The summed E-state index contributed by atoms with van der Waals surface area (Å²) in [5, 5.41) is 16.5. The van der Waals surface area contributed by atoms with Crippen molar-refractivity contribution in [1.29, 1.82) is 0 Å². The molecule has 2 heterocycles. The molecule has 0 atom stereocenters. The van der Waals surface area contributed by atoms with Gasteiger partial charge in [-0.25, -0.2) is 0 Å². The van der Waals surface area contributed by atoms with E-state index in [0.717, 1.165) is 17.0 Å². The van der Waals surface area contributed by atoms with Crippen molar-refractivity contribution in [1.82, 2.24) is 15.1 Å². The number of H-pyrrole nitrogens is 1. The van der Waals surface area contributed by atoms with Gasteiger partial charge in [0.2, 0.25) is 5.91 Å². The Labute approximate surface area is 94.5 Å². The lowest BCUT2D eigenvalue weighted by atomic mass is 9.96. The van der Waals surface area contributed by atoms with Gasteiger partial charge >= 0.3 is 0 Å². The first-order valence-corrected chi connectivity index (χ1v) is 5.40. The summed E-state index contributed by atoms with van der Waals surface area (Å²) in [6.45, 7) is 6.40. The minimum absolute atomic E-state index is 0.0547. The normalized spacial score (nSPS) is 18.4. The molecule has 1 amide bonds. The topological polar surface area (TPSA) is 69.2 Å². The summed E-state index contributed by atoms with van der Waals surface area (Å²) < 4.78 is 0. The average Bonchev–Trinajstić information content (AvgIpc) is 2.45. The van der Waals surface area contributed by atoms with Crippen LogP contribution >= 0.6 is 0 Å². The minimum Gasteiger partial charge on any atom is -0.386 e. The van der Waals surface area contributed by atoms with Crippen LogP contribution in [0.2, 0.25) is 0 Å². The van der Waals surface area contributed by atoms with Crippen LogP contribution in [0.3, 0.4) is 0 Å². The highest BCUT2D eigenvalue weighted by Crippen LogP contribution is 2.21. The van der Waals surface area contributed by atoms with Gasteiger partial charge in [-0.05, 0) is 20.8 Å². The SMILES string of the molecule is Cc1n[nH]c(C)c1CC(=O)N1CC(C)(O)C1. The predicted octanol–water partition coefficient (Wildman–Crippen LogP) is 0.162. The Balaban J connectivity index is 1.99. The van der Waals surface area contributed by atoms with Crippen LogP contribution in [0.1, 0.15) is 23.9 Å². The van der Waals surface area contributed by atoms with Crippen molar-refractivity contribution in [2.24, 2.45) is 0 Å². The maximum absolute atomic E-state index is 11.9. The molecule has 16 heavy (non-hydrogen) atoms. The van der Waals surface area contributed by atoms with Gasteiger partial charge in [-0.15, -0.1) is 0 Å². The number of carbonyl (C=O) groups excluding carboxylic acids is 1. The van der Waals surface area contributed by atoms with E-state index in [1.807, 2.05) is 13.8 Å². The number of hydrogen-bond acceptors (Lipinski definition) is 3. The molecule has 1 aliphatic heterocycles. The molecule has 5 nitrogen and oxygen atoms in total. The van der Waals surface area contributed by atoms with Gasteiger partial charge in [0.25, 0.3) is 0 Å². The van der Waals surface area contributed by atoms with Crippen LogP contribution in [0.25, 0.3) is 0 Å². The van der Waals surface area contributed by atoms with Crippen LogP contribution in [-0.4, -0.2) is 44.8 Å². The Morgan fingerprint density at radius 3 is 2.62 bits per heavy atom. The average molecular weight is 223 g/mol. The van der Waals surface area contributed by atoms with E-state index in [1.54, 1.807) is 11.8 Å². The minimum atomic E-state index is -0.698. The molecule has 1 saturated heterocycles. The van der Waals surface area contributed by atoms with Crippen molar-refractivity contribution in [3.8, 4) is 0 Å². The molecule has 88 valence electrons. The van der Waals surface area contributed by atoms with E-state index in [4.69, 9.17) is 0 Å². The number of aryl methyl sites for hydroxylation is 2. The predicted molar refractivity (Wildman–Crippen MR) is 59.0 cm³/mol. The standard InChI is InChI=1S/C11H17N3O2/c1-7-9(8(2)13-12-7)4-10(15)14-5-11(3,16)6-14/h16H,4-6H2,1-3H3,(H,12,13). The number of aliphatic hydroxyl groups is 1. The second kappa shape index (κ2) is 3.59. The Hall–Kier alpha value is -1.36. The third kappa shape index (κ3) is 1.95. The number of aromatic nitrogens is 2. The molecule has 0 unspecified atom stereocenters. The summed E-state index contributed by atoms with van der Waals surface area (Å²) in [7, 11) is 0. The van der Waals surface area contributed by atoms with Gasteiger partial charge in [-0.1, -0.05) is 0 Å². The summed E-state index contributed by atoms with van der Waals surface area (Å²) in [4.78, 5) is 13.5. The smallest absolute Gasteiger partial charge is 0.227 e. The second-order valence-electron chi connectivity index (χ2n) is 4.84. The third-order valence-corrected chi connectivity index (χ3v) is 3.02. The number of likely N-dealkylation sites (tertiary alicyclic amines) is 1. The molecule has 1 fully saturated rings. The van der Waals surface area contributed by atoms with E-state index in [1.165, 1.54) is 0 Å². The molecule has 1 aromatic heterocycles. The molecule has 2 N–H and O–H groups in total. The molecular formula is C11H17N3O2. The Bertz CT molecular complexity index is 395. The van der Waals surface area contributed by atoms with Gasteiger partial charge in [0.1, 0.15) is 0 Å². The fourth-order valence-electron chi connectivity index (χ4n) is 2.05. The summed E-state index contributed by atoms with van der Waals surface area (Å²) in [5.41, 5.74) is 2.09. The quantitative estimate of drug-likeness (QED) is 0.750. The zero-order chi connectivity index (χ0) is 11.9. The van der Waals surface area contributed by atoms with E-state index in [2.05, 4.69) is 10.2 Å². The molecule has 2 rings (SSSR count). The summed E-state index contributed by atoms with van der Waals surface area (Å²) in [5.74, 6) is 0.0547. The number of hydrogen-bond donors (Lipinski definition) is 2. The van der Waals surface area contributed by atoms with E-state index < -0.39 is 5.60 Å². The molecule has 5 heteroatoms. The summed E-state index contributed by atoms with van der Waals surface area (Å²) in [6.07, 6.45) is 0.365. The molecule has 1 aliphatic rings. The van der Waals surface area contributed by atoms with Crippen molar-refractivity contribution in [2.45, 2.75) is 32.8 Å². The van der Waals surface area contributed by atoms with Crippen molar-refractivity contribution in [2.75, 3.05) is 13.1 Å².